The molecule has 1 nitrogen and oxygen atoms in total. The number of halogens is 4. The molecule has 0 saturated carbocycles. The fourth-order valence-corrected chi connectivity index (χ4v) is 4.37. The van der Waals surface area contributed by atoms with Crippen molar-refractivity contribution in [2.75, 3.05) is 6.54 Å². The first-order valence-electron chi connectivity index (χ1n) is 6.13. The zero-order valence-electron chi connectivity index (χ0n) is 10.7. The molecule has 0 bridgehead atoms. The molecule has 0 amide bonds. The molecule has 1 aromatic heterocycles. The van der Waals surface area contributed by atoms with Crippen LogP contribution in [0.5, 0.6) is 0 Å². The van der Waals surface area contributed by atoms with Crippen LogP contribution in [0.1, 0.15) is 23.4 Å². The lowest BCUT2D eigenvalue weighted by molar-refractivity contribution is 0.557. The fourth-order valence-electron chi connectivity index (χ4n) is 1.96. The van der Waals surface area contributed by atoms with Crippen molar-refractivity contribution in [3.05, 3.63) is 53.8 Å². The first-order valence-corrected chi connectivity index (χ1v) is 8.91. The minimum Gasteiger partial charge on any atom is -0.309 e. The Hall–Kier alpha value is 0.0600. The van der Waals surface area contributed by atoms with Gasteiger partial charge in [-0.2, -0.15) is 0 Å². The highest BCUT2D eigenvalue weighted by atomic mass is 79.9. The van der Waals surface area contributed by atoms with Gasteiger partial charge in [-0.1, -0.05) is 24.6 Å². The second-order valence-electron chi connectivity index (χ2n) is 4.32. The van der Waals surface area contributed by atoms with Gasteiger partial charge < -0.3 is 5.32 Å². The zero-order chi connectivity index (χ0) is 14.7. The Labute approximate surface area is 143 Å². The molecule has 1 unspecified atom stereocenters. The SMILES string of the molecule is CCNC(Cc1ccc(F)cc1Cl)c1cc(Br)c(Br)s1. The number of rotatable bonds is 5. The number of benzene rings is 1. The average molecular weight is 442 g/mol. The number of nitrogens with one attached hydrogen (secondary N) is 1. The summed E-state index contributed by atoms with van der Waals surface area (Å²) in [5.74, 6) is -0.305. The molecule has 0 spiro atoms. The Bertz CT molecular complexity index is 583. The molecule has 2 aromatic rings. The minimum atomic E-state index is -0.305. The zero-order valence-corrected chi connectivity index (χ0v) is 15.5. The largest absolute Gasteiger partial charge is 0.309 e. The number of hydrogen-bond acceptors (Lipinski definition) is 2. The summed E-state index contributed by atoms with van der Waals surface area (Å²) in [6, 6.07) is 6.82. The Morgan fingerprint density at radius 2 is 2.10 bits per heavy atom. The van der Waals surface area contributed by atoms with Gasteiger partial charge in [0.1, 0.15) is 5.82 Å². The van der Waals surface area contributed by atoms with Crippen molar-refractivity contribution in [3.63, 3.8) is 0 Å². The van der Waals surface area contributed by atoms with Crippen LogP contribution in [0.4, 0.5) is 4.39 Å². The maximum absolute atomic E-state index is 13.1. The Morgan fingerprint density at radius 1 is 1.35 bits per heavy atom. The van der Waals surface area contributed by atoms with Crippen molar-refractivity contribution in [2.24, 2.45) is 0 Å². The molecule has 1 atom stereocenters. The van der Waals surface area contributed by atoms with E-state index in [0.29, 0.717) is 5.02 Å². The van der Waals surface area contributed by atoms with E-state index in [2.05, 4.69) is 50.2 Å². The predicted molar refractivity (Wildman–Crippen MR) is 91.3 cm³/mol. The van der Waals surface area contributed by atoms with E-state index in [1.165, 1.54) is 17.0 Å². The third-order valence-electron chi connectivity index (χ3n) is 2.90. The Morgan fingerprint density at radius 3 is 2.65 bits per heavy atom. The lowest BCUT2D eigenvalue weighted by Gasteiger charge is -2.17. The summed E-state index contributed by atoms with van der Waals surface area (Å²) in [4.78, 5) is 1.21. The van der Waals surface area contributed by atoms with Crippen molar-refractivity contribution < 1.29 is 4.39 Å². The van der Waals surface area contributed by atoms with Crippen LogP contribution in [0.25, 0.3) is 0 Å². The van der Waals surface area contributed by atoms with Gasteiger partial charge in [-0.25, -0.2) is 4.39 Å². The van der Waals surface area contributed by atoms with Crippen molar-refractivity contribution in [1.82, 2.24) is 5.32 Å². The number of likely N-dealkylation sites (N-methyl/N-ethyl adjacent to an activating group) is 1. The molecule has 108 valence electrons. The van der Waals surface area contributed by atoms with Crippen LogP contribution in [0.15, 0.2) is 32.5 Å². The predicted octanol–water partition coefficient (Wildman–Crippen LogP) is 5.96. The third kappa shape index (κ3) is 4.04. The average Bonchev–Trinajstić information content (AvgIpc) is 2.72. The molecular weight excluding hydrogens is 428 g/mol. The van der Waals surface area contributed by atoms with Crippen LogP contribution < -0.4 is 5.32 Å². The molecule has 20 heavy (non-hydrogen) atoms. The summed E-state index contributed by atoms with van der Waals surface area (Å²) in [5.41, 5.74) is 0.944. The normalized spacial score (nSPS) is 12.7. The molecule has 0 aliphatic carbocycles. The fraction of sp³-hybridized carbons (Fsp3) is 0.286. The number of hydrogen-bond donors (Lipinski definition) is 1. The molecule has 0 aliphatic heterocycles. The van der Waals surface area contributed by atoms with E-state index in [4.69, 9.17) is 11.6 Å². The first-order chi connectivity index (χ1) is 9.51. The van der Waals surface area contributed by atoms with Gasteiger partial charge >= 0.3 is 0 Å². The van der Waals surface area contributed by atoms with E-state index < -0.39 is 0 Å². The van der Waals surface area contributed by atoms with Gasteiger partial charge in [-0.05, 0) is 68.6 Å². The maximum atomic E-state index is 13.1. The van der Waals surface area contributed by atoms with Crippen LogP contribution in [-0.2, 0) is 6.42 Å². The summed E-state index contributed by atoms with van der Waals surface area (Å²) in [6.45, 7) is 2.92. The van der Waals surface area contributed by atoms with Gasteiger partial charge in [0.25, 0.3) is 0 Å². The van der Waals surface area contributed by atoms with E-state index >= 15 is 0 Å². The summed E-state index contributed by atoms with van der Waals surface area (Å²) in [7, 11) is 0. The van der Waals surface area contributed by atoms with E-state index in [-0.39, 0.29) is 11.9 Å². The lowest BCUT2D eigenvalue weighted by Crippen LogP contribution is -2.22. The van der Waals surface area contributed by atoms with Crippen LogP contribution in [-0.4, -0.2) is 6.54 Å². The summed E-state index contributed by atoms with van der Waals surface area (Å²) in [6.07, 6.45) is 0.729. The van der Waals surface area contributed by atoms with Gasteiger partial charge in [-0.15, -0.1) is 11.3 Å². The topological polar surface area (TPSA) is 12.0 Å². The first kappa shape index (κ1) is 16.4. The molecule has 0 aliphatic rings. The Balaban J connectivity index is 2.25. The van der Waals surface area contributed by atoms with Crippen LogP contribution in [0.3, 0.4) is 0 Å². The van der Waals surface area contributed by atoms with Crippen molar-refractivity contribution in [2.45, 2.75) is 19.4 Å². The van der Waals surface area contributed by atoms with Crippen molar-refractivity contribution in [3.8, 4) is 0 Å². The molecule has 6 heteroatoms. The van der Waals surface area contributed by atoms with E-state index in [1.54, 1.807) is 17.4 Å². The molecule has 0 radical (unpaired) electrons. The quantitative estimate of drug-likeness (QED) is 0.604. The van der Waals surface area contributed by atoms with Crippen LogP contribution >= 0.6 is 54.8 Å². The standard InChI is InChI=1S/C14H13Br2ClFNS/c1-2-19-12(13-7-10(15)14(16)20-13)5-8-3-4-9(18)6-11(8)17/h3-4,6-7,12,19H,2,5H2,1H3. The minimum absolute atomic E-state index is 0.163. The van der Waals surface area contributed by atoms with Gasteiger partial charge in [0.05, 0.1) is 3.79 Å². The summed E-state index contributed by atoms with van der Waals surface area (Å²) >= 11 is 14.8. The van der Waals surface area contributed by atoms with Crippen molar-refractivity contribution in [1.29, 1.82) is 0 Å². The summed E-state index contributed by atoms with van der Waals surface area (Å²) < 4.78 is 15.2. The van der Waals surface area contributed by atoms with Gasteiger partial charge in [0.15, 0.2) is 0 Å². The highest BCUT2D eigenvalue weighted by molar-refractivity contribution is 9.13. The van der Waals surface area contributed by atoms with E-state index in [0.717, 1.165) is 26.8 Å². The van der Waals surface area contributed by atoms with Crippen LogP contribution in [0.2, 0.25) is 5.02 Å². The van der Waals surface area contributed by atoms with Gasteiger partial charge in [0.2, 0.25) is 0 Å². The molecule has 0 fully saturated rings. The molecule has 1 N–H and O–H groups in total. The van der Waals surface area contributed by atoms with Crippen molar-refractivity contribution >= 4 is 54.8 Å². The van der Waals surface area contributed by atoms with Gasteiger partial charge in [-0.3, -0.25) is 0 Å². The molecule has 1 aromatic carbocycles. The molecule has 1 heterocycles. The highest BCUT2D eigenvalue weighted by Crippen LogP contribution is 2.37. The van der Waals surface area contributed by atoms with E-state index in [1.807, 2.05) is 0 Å². The smallest absolute Gasteiger partial charge is 0.124 e. The molecule has 0 saturated heterocycles. The third-order valence-corrected chi connectivity index (χ3v) is 6.62. The van der Waals surface area contributed by atoms with Crippen LogP contribution in [0, 0.1) is 5.82 Å². The van der Waals surface area contributed by atoms with E-state index in [9.17, 15) is 4.39 Å². The number of thiophene rings is 1. The highest BCUT2D eigenvalue weighted by Gasteiger charge is 2.17. The summed E-state index contributed by atoms with van der Waals surface area (Å²) in [5, 5.41) is 3.92. The second-order valence-corrected chi connectivity index (χ2v) is 7.98. The lowest BCUT2D eigenvalue weighted by atomic mass is 10.0. The second kappa shape index (κ2) is 7.36. The molecular formula is C14H13Br2ClFNS. The Kier molecular flexibility index (Phi) is 6.05. The van der Waals surface area contributed by atoms with Gasteiger partial charge in [0, 0.05) is 20.4 Å². The monoisotopic (exact) mass is 439 g/mol. The molecule has 2 rings (SSSR count). The maximum Gasteiger partial charge on any atom is 0.124 e.